The summed E-state index contributed by atoms with van der Waals surface area (Å²) in [6.07, 6.45) is 1.19. The van der Waals surface area contributed by atoms with E-state index in [4.69, 9.17) is 9.47 Å². The topological polar surface area (TPSA) is 52.6 Å². The summed E-state index contributed by atoms with van der Waals surface area (Å²) >= 11 is 0. The number of carbonyl (C=O) groups excluding carboxylic acids is 2. The highest BCUT2D eigenvalue weighted by atomic mass is 16.6. The van der Waals surface area contributed by atoms with E-state index < -0.39 is 0 Å². The number of carbonyl (C=O) groups is 2. The minimum atomic E-state index is -0.298. The van der Waals surface area contributed by atoms with Crippen LogP contribution in [0.4, 0.5) is 0 Å². The molecule has 0 bridgehead atoms. The van der Waals surface area contributed by atoms with Gasteiger partial charge in [-0.3, -0.25) is 9.59 Å². The van der Waals surface area contributed by atoms with Gasteiger partial charge in [-0.15, -0.1) is 0 Å². The zero-order valence-corrected chi connectivity index (χ0v) is 10.4. The minimum absolute atomic E-state index is 0.130. The summed E-state index contributed by atoms with van der Waals surface area (Å²) in [5, 5.41) is 0. The third-order valence-corrected chi connectivity index (χ3v) is 2.58. The third-order valence-electron chi connectivity index (χ3n) is 2.58. The molecule has 4 nitrogen and oxygen atoms in total. The Bertz CT molecular complexity index is 242. The standard InChI is InChI=1S/C12H20O4/c1-7(2)15-11(13)9-5-6-10(9)12(14)16-8(3)4/h7-10H,5-6H2,1-4H3. The molecule has 1 aliphatic rings. The Hall–Kier alpha value is -1.06. The van der Waals surface area contributed by atoms with Crippen LogP contribution in [-0.4, -0.2) is 24.1 Å². The largest absolute Gasteiger partial charge is 0.463 e. The molecule has 2 unspecified atom stereocenters. The highest BCUT2D eigenvalue weighted by molar-refractivity contribution is 5.84. The van der Waals surface area contributed by atoms with Crippen molar-refractivity contribution in [2.24, 2.45) is 11.8 Å². The lowest BCUT2D eigenvalue weighted by Crippen LogP contribution is -2.41. The van der Waals surface area contributed by atoms with E-state index >= 15 is 0 Å². The first-order valence-corrected chi connectivity index (χ1v) is 5.82. The average Bonchev–Trinajstić information content (AvgIpc) is 1.96. The summed E-state index contributed by atoms with van der Waals surface area (Å²) in [7, 11) is 0. The van der Waals surface area contributed by atoms with Gasteiger partial charge in [0, 0.05) is 0 Å². The summed E-state index contributed by atoms with van der Waals surface area (Å²) in [5.74, 6) is -1.14. The van der Waals surface area contributed by atoms with Crippen molar-refractivity contribution in [2.75, 3.05) is 0 Å². The van der Waals surface area contributed by atoms with Gasteiger partial charge in [-0.1, -0.05) is 0 Å². The van der Waals surface area contributed by atoms with Gasteiger partial charge in [0.05, 0.1) is 24.0 Å². The molecule has 0 heterocycles. The molecule has 0 amide bonds. The number of rotatable bonds is 4. The molecule has 0 N–H and O–H groups in total. The van der Waals surface area contributed by atoms with E-state index in [1.54, 1.807) is 27.7 Å². The predicted molar refractivity (Wildman–Crippen MR) is 58.7 cm³/mol. The molecule has 0 aliphatic heterocycles. The first-order chi connectivity index (χ1) is 7.41. The van der Waals surface area contributed by atoms with Crippen molar-refractivity contribution in [1.82, 2.24) is 0 Å². The van der Waals surface area contributed by atoms with Crippen molar-refractivity contribution in [2.45, 2.75) is 52.7 Å². The highest BCUT2D eigenvalue weighted by Crippen LogP contribution is 2.36. The fourth-order valence-corrected chi connectivity index (χ4v) is 1.70. The molecule has 1 rings (SSSR count). The van der Waals surface area contributed by atoms with Gasteiger partial charge in [-0.05, 0) is 40.5 Å². The van der Waals surface area contributed by atoms with E-state index in [0.717, 1.165) is 12.8 Å². The van der Waals surface area contributed by atoms with E-state index in [1.165, 1.54) is 0 Å². The van der Waals surface area contributed by atoms with Crippen molar-refractivity contribution >= 4 is 11.9 Å². The lowest BCUT2D eigenvalue weighted by Gasteiger charge is -2.33. The van der Waals surface area contributed by atoms with Crippen molar-refractivity contribution in [3.63, 3.8) is 0 Å². The number of hydrogen-bond acceptors (Lipinski definition) is 4. The van der Waals surface area contributed by atoms with Crippen LogP contribution in [0.5, 0.6) is 0 Å². The summed E-state index contributed by atoms with van der Waals surface area (Å²) in [6, 6.07) is 0. The highest BCUT2D eigenvalue weighted by Gasteiger charge is 2.43. The molecule has 92 valence electrons. The Morgan fingerprint density at radius 2 is 1.19 bits per heavy atom. The summed E-state index contributed by atoms with van der Waals surface area (Å²) in [5.41, 5.74) is 0. The zero-order valence-electron chi connectivity index (χ0n) is 10.4. The second kappa shape index (κ2) is 5.32. The average molecular weight is 228 g/mol. The third kappa shape index (κ3) is 3.22. The lowest BCUT2D eigenvalue weighted by molar-refractivity contribution is -0.171. The molecule has 4 heteroatoms. The predicted octanol–water partition coefficient (Wildman–Crippen LogP) is 1.92. The Morgan fingerprint density at radius 1 is 0.875 bits per heavy atom. The van der Waals surface area contributed by atoms with Crippen LogP contribution in [0.2, 0.25) is 0 Å². The van der Waals surface area contributed by atoms with Gasteiger partial charge >= 0.3 is 11.9 Å². The van der Waals surface area contributed by atoms with E-state index in [2.05, 4.69) is 0 Å². The van der Waals surface area contributed by atoms with Crippen molar-refractivity contribution in [3.8, 4) is 0 Å². The van der Waals surface area contributed by atoms with Crippen LogP contribution in [-0.2, 0) is 19.1 Å². The minimum Gasteiger partial charge on any atom is -0.463 e. The van der Waals surface area contributed by atoms with Gasteiger partial charge in [-0.2, -0.15) is 0 Å². The van der Waals surface area contributed by atoms with Gasteiger partial charge in [0.2, 0.25) is 0 Å². The van der Waals surface area contributed by atoms with E-state index in [9.17, 15) is 9.59 Å². The number of ether oxygens (including phenoxy) is 2. The Balaban J connectivity index is 2.46. The second-order valence-electron chi connectivity index (χ2n) is 4.76. The molecule has 0 aromatic rings. The zero-order chi connectivity index (χ0) is 12.3. The maximum Gasteiger partial charge on any atom is 0.310 e. The van der Waals surface area contributed by atoms with Crippen molar-refractivity contribution in [3.05, 3.63) is 0 Å². The molecule has 0 spiro atoms. The first kappa shape index (κ1) is 13.0. The van der Waals surface area contributed by atoms with Gasteiger partial charge in [0.1, 0.15) is 0 Å². The smallest absolute Gasteiger partial charge is 0.310 e. The lowest BCUT2D eigenvalue weighted by atomic mass is 9.73. The normalized spacial score (nSPS) is 24.1. The van der Waals surface area contributed by atoms with Crippen LogP contribution in [0, 0.1) is 11.8 Å². The number of esters is 2. The molecule has 0 aromatic heterocycles. The van der Waals surface area contributed by atoms with E-state index in [1.807, 2.05) is 0 Å². The van der Waals surface area contributed by atoms with Crippen LogP contribution < -0.4 is 0 Å². The fraction of sp³-hybridized carbons (Fsp3) is 0.833. The fourth-order valence-electron chi connectivity index (χ4n) is 1.70. The summed E-state index contributed by atoms with van der Waals surface area (Å²) in [6.45, 7) is 7.21. The maximum atomic E-state index is 11.6. The first-order valence-electron chi connectivity index (χ1n) is 5.82. The van der Waals surface area contributed by atoms with Crippen LogP contribution in [0.1, 0.15) is 40.5 Å². The van der Waals surface area contributed by atoms with Crippen LogP contribution in [0.15, 0.2) is 0 Å². The molecule has 2 atom stereocenters. The molecule has 1 fully saturated rings. The monoisotopic (exact) mass is 228 g/mol. The molecule has 1 aliphatic carbocycles. The SMILES string of the molecule is CC(C)OC(=O)C1CCC1C(=O)OC(C)C. The van der Waals surface area contributed by atoms with Gasteiger partial charge < -0.3 is 9.47 Å². The Kier molecular flexibility index (Phi) is 4.33. The van der Waals surface area contributed by atoms with Crippen LogP contribution in [0.3, 0.4) is 0 Å². The molecular formula is C12H20O4. The quantitative estimate of drug-likeness (QED) is 0.690. The van der Waals surface area contributed by atoms with Crippen molar-refractivity contribution < 1.29 is 19.1 Å². The van der Waals surface area contributed by atoms with E-state index in [-0.39, 0.29) is 36.0 Å². The Morgan fingerprint density at radius 3 is 1.38 bits per heavy atom. The Labute approximate surface area is 96.3 Å². The molecule has 16 heavy (non-hydrogen) atoms. The molecular weight excluding hydrogens is 208 g/mol. The summed E-state index contributed by atoms with van der Waals surface area (Å²) < 4.78 is 10.2. The number of hydrogen-bond donors (Lipinski definition) is 0. The van der Waals surface area contributed by atoms with Gasteiger partial charge in [-0.25, -0.2) is 0 Å². The molecule has 0 radical (unpaired) electrons. The van der Waals surface area contributed by atoms with Crippen molar-refractivity contribution in [1.29, 1.82) is 0 Å². The second-order valence-corrected chi connectivity index (χ2v) is 4.76. The summed E-state index contributed by atoms with van der Waals surface area (Å²) in [4.78, 5) is 23.2. The maximum absolute atomic E-state index is 11.6. The molecule has 0 saturated heterocycles. The van der Waals surface area contributed by atoms with Gasteiger partial charge in [0.15, 0.2) is 0 Å². The molecule has 1 saturated carbocycles. The van der Waals surface area contributed by atoms with Gasteiger partial charge in [0.25, 0.3) is 0 Å². The van der Waals surface area contributed by atoms with Crippen LogP contribution in [0.25, 0.3) is 0 Å². The molecule has 0 aromatic carbocycles. The van der Waals surface area contributed by atoms with Crippen LogP contribution >= 0.6 is 0 Å². The van der Waals surface area contributed by atoms with E-state index in [0.29, 0.717) is 0 Å².